The highest BCUT2D eigenvalue weighted by Gasteiger charge is 2.27. The van der Waals surface area contributed by atoms with Gasteiger partial charge in [-0.3, -0.25) is 4.68 Å². The zero-order valence-corrected chi connectivity index (χ0v) is 18.6. The molecule has 0 bridgehead atoms. The lowest BCUT2D eigenvalue weighted by Gasteiger charge is -2.28. The number of nitrogens with zero attached hydrogens (tertiary/aromatic N) is 2. The van der Waals surface area contributed by atoms with Crippen LogP contribution >= 0.6 is 0 Å². The summed E-state index contributed by atoms with van der Waals surface area (Å²) < 4.78 is 7.17. The Morgan fingerprint density at radius 3 is 1.93 bits per heavy atom. The molecule has 0 aliphatic heterocycles. The highest BCUT2D eigenvalue weighted by atomic mass is 16.5. The van der Waals surface area contributed by atoms with Gasteiger partial charge in [0.15, 0.2) is 0 Å². The number of ether oxygens (including phenoxy) is 1. The Hall–Kier alpha value is -2.75. The van der Waals surface area contributed by atoms with Crippen molar-refractivity contribution in [3.05, 3.63) is 65.4 Å². The van der Waals surface area contributed by atoms with E-state index in [1.807, 2.05) is 29.1 Å². The summed E-state index contributed by atoms with van der Waals surface area (Å²) in [6.07, 6.45) is 2.00. The minimum Gasteiger partial charge on any atom is -0.507 e. The smallest absolute Gasteiger partial charge is 0.123 e. The largest absolute Gasteiger partial charge is 0.507 e. The lowest BCUT2D eigenvalue weighted by atomic mass is 9.78. The van der Waals surface area contributed by atoms with Gasteiger partial charge in [-0.15, -0.1) is 0 Å². The van der Waals surface area contributed by atoms with Crippen LogP contribution in [0.2, 0.25) is 0 Å². The predicted molar refractivity (Wildman–Crippen MR) is 119 cm³/mol. The van der Waals surface area contributed by atoms with E-state index in [9.17, 15) is 5.11 Å². The topological polar surface area (TPSA) is 47.3 Å². The van der Waals surface area contributed by atoms with Crippen molar-refractivity contribution >= 4 is 0 Å². The van der Waals surface area contributed by atoms with E-state index in [-0.39, 0.29) is 10.8 Å². The first kappa shape index (κ1) is 21.0. The molecule has 0 aliphatic rings. The van der Waals surface area contributed by atoms with Crippen molar-refractivity contribution in [3.63, 3.8) is 0 Å². The van der Waals surface area contributed by atoms with Crippen molar-refractivity contribution < 1.29 is 9.84 Å². The molecule has 4 heteroatoms. The highest BCUT2D eigenvalue weighted by Crippen LogP contribution is 2.41. The van der Waals surface area contributed by atoms with Gasteiger partial charge in [-0.1, -0.05) is 53.7 Å². The van der Waals surface area contributed by atoms with Gasteiger partial charge in [0.1, 0.15) is 11.5 Å². The average Bonchev–Trinajstić information content (AvgIpc) is 3.09. The Labute approximate surface area is 174 Å². The molecule has 1 N–H and O–H groups in total. The molecule has 2 aromatic carbocycles. The van der Waals surface area contributed by atoms with Crippen LogP contribution in [0.5, 0.6) is 11.5 Å². The number of methoxy groups -OCH3 is 1. The number of rotatable bonds is 4. The summed E-state index contributed by atoms with van der Waals surface area (Å²) >= 11 is 0. The van der Waals surface area contributed by atoms with Crippen molar-refractivity contribution in [2.45, 2.75) is 58.9 Å². The monoisotopic (exact) mass is 392 g/mol. The van der Waals surface area contributed by atoms with Crippen molar-refractivity contribution in [2.75, 3.05) is 7.11 Å². The van der Waals surface area contributed by atoms with Crippen molar-refractivity contribution in [1.29, 1.82) is 0 Å². The number of hydrogen-bond donors (Lipinski definition) is 1. The third kappa shape index (κ3) is 4.64. The first-order valence-electron chi connectivity index (χ1n) is 10.0. The Morgan fingerprint density at radius 1 is 0.897 bits per heavy atom. The maximum Gasteiger partial charge on any atom is 0.123 e. The fourth-order valence-corrected chi connectivity index (χ4v) is 3.45. The molecule has 0 saturated carbocycles. The van der Waals surface area contributed by atoms with E-state index in [2.05, 4.69) is 65.8 Å². The van der Waals surface area contributed by atoms with Gasteiger partial charge in [-0.05, 0) is 46.7 Å². The summed E-state index contributed by atoms with van der Waals surface area (Å²) in [7, 11) is 1.67. The molecule has 0 aliphatic carbocycles. The molecule has 1 heterocycles. The molecule has 4 nitrogen and oxygen atoms in total. The number of phenols is 1. The van der Waals surface area contributed by atoms with Crippen LogP contribution in [0.15, 0.2) is 48.7 Å². The molecule has 0 fully saturated rings. The lowest BCUT2D eigenvalue weighted by molar-refractivity contribution is 0.414. The van der Waals surface area contributed by atoms with Gasteiger partial charge in [0.25, 0.3) is 0 Å². The SMILES string of the molecule is COc1ccc(Cn2ccc(-c3cc(C(C)(C)C)c(O)c(C(C)(C)C)c3)n2)cc1. The zero-order valence-electron chi connectivity index (χ0n) is 18.6. The van der Waals surface area contributed by atoms with Gasteiger partial charge in [0.05, 0.1) is 19.3 Å². The zero-order chi connectivity index (χ0) is 21.4. The summed E-state index contributed by atoms with van der Waals surface area (Å²) in [5.41, 5.74) is 4.68. The molecule has 3 rings (SSSR count). The summed E-state index contributed by atoms with van der Waals surface area (Å²) in [6, 6.07) is 14.2. The fourth-order valence-electron chi connectivity index (χ4n) is 3.45. The second kappa shape index (κ2) is 7.58. The number of phenolic OH excluding ortho intramolecular Hbond substituents is 1. The molecule has 0 atom stereocenters. The average molecular weight is 393 g/mol. The van der Waals surface area contributed by atoms with Gasteiger partial charge < -0.3 is 9.84 Å². The normalized spacial score (nSPS) is 12.2. The van der Waals surface area contributed by atoms with Gasteiger partial charge in [-0.2, -0.15) is 5.10 Å². The molecule has 3 aromatic rings. The van der Waals surface area contributed by atoms with Crippen LogP contribution in [-0.2, 0) is 17.4 Å². The third-order valence-corrected chi connectivity index (χ3v) is 5.17. The summed E-state index contributed by atoms with van der Waals surface area (Å²) in [5, 5.41) is 15.7. The van der Waals surface area contributed by atoms with E-state index < -0.39 is 0 Å². The van der Waals surface area contributed by atoms with Crippen LogP contribution in [-0.4, -0.2) is 22.0 Å². The number of hydrogen-bond acceptors (Lipinski definition) is 3. The molecule has 154 valence electrons. The highest BCUT2D eigenvalue weighted by molar-refractivity contribution is 5.66. The third-order valence-electron chi connectivity index (χ3n) is 5.17. The summed E-state index contributed by atoms with van der Waals surface area (Å²) in [4.78, 5) is 0. The molecule has 0 saturated heterocycles. The second-order valence-corrected chi connectivity index (χ2v) is 9.67. The van der Waals surface area contributed by atoms with Crippen LogP contribution in [0.3, 0.4) is 0 Å². The van der Waals surface area contributed by atoms with Gasteiger partial charge >= 0.3 is 0 Å². The van der Waals surface area contributed by atoms with E-state index in [0.717, 1.165) is 33.7 Å². The molecule has 1 aromatic heterocycles. The van der Waals surface area contributed by atoms with Crippen molar-refractivity contribution in [2.24, 2.45) is 0 Å². The minimum absolute atomic E-state index is 0.161. The number of benzene rings is 2. The summed E-state index contributed by atoms with van der Waals surface area (Å²) in [5.74, 6) is 1.25. The van der Waals surface area contributed by atoms with E-state index >= 15 is 0 Å². The van der Waals surface area contributed by atoms with Crippen molar-refractivity contribution in [3.8, 4) is 22.8 Å². The summed E-state index contributed by atoms with van der Waals surface area (Å²) in [6.45, 7) is 13.4. The molecule has 29 heavy (non-hydrogen) atoms. The molecule has 0 spiro atoms. The Balaban J connectivity index is 1.98. The van der Waals surface area contributed by atoms with Gasteiger partial charge in [-0.25, -0.2) is 0 Å². The first-order chi connectivity index (χ1) is 13.5. The predicted octanol–water partition coefficient (Wildman–Crippen LogP) is 5.91. The molecule has 0 amide bonds. The molecular formula is C25H32N2O2. The van der Waals surface area contributed by atoms with Gasteiger partial charge in [0.2, 0.25) is 0 Å². The Kier molecular flexibility index (Phi) is 5.48. The van der Waals surface area contributed by atoms with Crippen LogP contribution in [0.25, 0.3) is 11.3 Å². The van der Waals surface area contributed by atoms with E-state index in [1.165, 1.54) is 0 Å². The quantitative estimate of drug-likeness (QED) is 0.600. The van der Waals surface area contributed by atoms with E-state index in [0.29, 0.717) is 12.3 Å². The standard InChI is InChI=1S/C25H32N2O2/c1-24(2,3)20-14-18(15-21(23(20)28)25(4,5)6)22-12-13-27(26-22)16-17-8-10-19(29-7)11-9-17/h8-15,28H,16H2,1-7H3. The van der Waals surface area contributed by atoms with Crippen LogP contribution in [0, 0.1) is 0 Å². The van der Waals surface area contributed by atoms with E-state index in [1.54, 1.807) is 7.11 Å². The van der Waals surface area contributed by atoms with Crippen LogP contribution < -0.4 is 4.74 Å². The molecular weight excluding hydrogens is 360 g/mol. The first-order valence-corrected chi connectivity index (χ1v) is 10.0. The Bertz CT molecular complexity index is 952. The lowest BCUT2D eigenvalue weighted by Crippen LogP contribution is -2.17. The number of aromatic nitrogens is 2. The minimum atomic E-state index is -0.161. The van der Waals surface area contributed by atoms with Crippen molar-refractivity contribution in [1.82, 2.24) is 9.78 Å². The number of aromatic hydroxyl groups is 1. The fraction of sp³-hybridized carbons (Fsp3) is 0.400. The molecule has 0 radical (unpaired) electrons. The molecule has 0 unspecified atom stereocenters. The Morgan fingerprint density at radius 2 is 1.45 bits per heavy atom. The maximum absolute atomic E-state index is 10.9. The van der Waals surface area contributed by atoms with Crippen LogP contribution in [0.1, 0.15) is 58.2 Å². The van der Waals surface area contributed by atoms with Crippen LogP contribution in [0.4, 0.5) is 0 Å². The maximum atomic E-state index is 10.9. The van der Waals surface area contributed by atoms with E-state index in [4.69, 9.17) is 9.84 Å². The van der Waals surface area contributed by atoms with Gasteiger partial charge in [0, 0.05) is 22.9 Å². The second-order valence-electron chi connectivity index (χ2n) is 9.67.